The first kappa shape index (κ1) is 22.4. The van der Waals surface area contributed by atoms with Gasteiger partial charge in [0.1, 0.15) is 11.6 Å². The van der Waals surface area contributed by atoms with Crippen molar-refractivity contribution in [2.24, 2.45) is 0 Å². The topological polar surface area (TPSA) is 53.5 Å². The van der Waals surface area contributed by atoms with Gasteiger partial charge in [-0.3, -0.25) is 4.90 Å². The second-order valence-corrected chi connectivity index (χ2v) is 9.07. The van der Waals surface area contributed by atoms with Crippen LogP contribution in [0.3, 0.4) is 0 Å². The summed E-state index contributed by atoms with van der Waals surface area (Å²) in [7, 11) is 0. The lowest BCUT2D eigenvalue weighted by Gasteiger charge is -2.38. The van der Waals surface area contributed by atoms with Crippen LogP contribution >= 0.6 is 0 Å². The van der Waals surface area contributed by atoms with Gasteiger partial charge < -0.3 is 15.0 Å². The summed E-state index contributed by atoms with van der Waals surface area (Å²) < 4.78 is 6.15. The van der Waals surface area contributed by atoms with Gasteiger partial charge in [-0.2, -0.15) is 0 Å². The number of ether oxygens (including phenoxy) is 1. The lowest BCUT2D eigenvalue weighted by atomic mass is 9.92. The van der Waals surface area contributed by atoms with Crippen LogP contribution in [-0.2, 0) is 4.74 Å². The maximum Gasteiger partial charge on any atom is 0.130 e. The zero-order valence-corrected chi connectivity index (χ0v) is 19.2. The molecule has 0 unspecified atom stereocenters. The Bertz CT molecular complexity index is 624. The minimum atomic E-state index is 0.306. The predicted molar refractivity (Wildman–Crippen MR) is 120 cm³/mol. The minimum Gasteiger partial charge on any atom is -0.373 e. The van der Waals surface area contributed by atoms with Crippen molar-refractivity contribution >= 4 is 5.82 Å². The van der Waals surface area contributed by atoms with Crippen molar-refractivity contribution in [1.82, 2.24) is 19.8 Å². The summed E-state index contributed by atoms with van der Waals surface area (Å²) in [6, 6.07) is 3.13. The Morgan fingerprint density at radius 1 is 1.17 bits per heavy atom. The van der Waals surface area contributed by atoms with Crippen molar-refractivity contribution in [3.05, 3.63) is 17.6 Å². The molecule has 1 aromatic heterocycles. The Morgan fingerprint density at radius 3 is 2.52 bits per heavy atom. The van der Waals surface area contributed by atoms with Crippen molar-refractivity contribution in [2.75, 3.05) is 44.6 Å². The van der Waals surface area contributed by atoms with Crippen LogP contribution in [0.15, 0.2) is 6.07 Å². The fourth-order valence-electron chi connectivity index (χ4n) is 4.48. The van der Waals surface area contributed by atoms with Gasteiger partial charge in [0.25, 0.3) is 0 Å². The number of nitrogens with one attached hydrogen (secondary N) is 1. The molecule has 2 fully saturated rings. The predicted octanol–water partition coefficient (Wildman–Crippen LogP) is 3.67. The lowest BCUT2D eigenvalue weighted by molar-refractivity contribution is -0.0551. The smallest absolute Gasteiger partial charge is 0.130 e. The molecule has 2 saturated heterocycles. The van der Waals surface area contributed by atoms with E-state index >= 15 is 0 Å². The van der Waals surface area contributed by atoms with Gasteiger partial charge in [0, 0.05) is 36.8 Å². The molecule has 6 heteroatoms. The van der Waals surface area contributed by atoms with E-state index in [-0.39, 0.29) is 0 Å². The van der Waals surface area contributed by atoms with E-state index in [4.69, 9.17) is 9.72 Å². The van der Waals surface area contributed by atoms with Gasteiger partial charge >= 0.3 is 0 Å². The second-order valence-electron chi connectivity index (χ2n) is 9.07. The summed E-state index contributed by atoms with van der Waals surface area (Å²) in [5, 5.41) is 3.66. The Kier molecular flexibility index (Phi) is 8.27. The zero-order chi connectivity index (χ0) is 20.8. The summed E-state index contributed by atoms with van der Waals surface area (Å²) in [5.74, 6) is 2.37. The molecule has 2 aliphatic heterocycles. The van der Waals surface area contributed by atoms with Crippen LogP contribution < -0.4 is 5.32 Å². The molecule has 0 radical (unpaired) electrons. The first-order valence-electron chi connectivity index (χ1n) is 11.7. The van der Waals surface area contributed by atoms with Crippen molar-refractivity contribution in [1.29, 1.82) is 0 Å². The summed E-state index contributed by atoms with van der Waals surface area (Å²) in [4.78, 5) is 14.5. The molecule has 0 bridgehead atoms. The van der Waals surface area contributed by atoms with Crippen LogP contribution in [0.5, 0.6) is 0 Å². The maximum atomic E-state index is 6.15. The fourth-order valence-corrected chi connectivity index (χ4v) is 4.48. The number of likely N-dealkylation sites (N-methyl/N-ethyl adjacent to an activating group) is 1. The van der Waals surface area contributed by atoms with Gasteiger partial charge in [-0.1, -0.05) is 20.3 Å². The summed E-state index contributed by atoms with van der Waals surface area (Å²) >= 11 is 0. The van der Waals surface area contributed by atoms with E-state index in [1.807, 2.05) is 6.92 Å². The van der Waals surface area contributed by atoms with Crippen LogP contribution in [-0.4, -0.2) is 77.3 Å². The first-order chi connectivity index (χ1) is 14.0. The van der Waals surface area contributed by atoms with Crippen molar-refractivity contribution < 1.29 is 4.74 Å². The Labute approximate surface area is 177 Å². The molecule has 164 valence electrons. The van der Waals surface area contributed by atoms with E-state index in [0.717, 1.165) is 63.8 Å². The highest BCUT2D eigenvalue weighted by Crippen LogP contribution is 2.29. The highest BCUT2D eigenvalue weighted by molar-refractivity contribution is 5.38. The van der Waals surface area contributed by atoms with Crippen LogP contribution in [0, 0.1) is 6.92 Å². The quantitative estimate of drug-likeness (QED) is 0.643. The third kappa shape index (κ3) is 6.37. The molecule has 0 aromatic carbocycles. The third-order valence-electron chi connectivity index (χ3n) is 6.43. The number of nitrogens with zero attached hydrogens (tertiary/aromatic N) is 4. The Hall–Kier alpha value is -1.24. The average molecular weight is 404 g/mol. The minimum absolute atomic E-state index is 0.306. The molecule has 0 amide bonds. The number of piperidine rings is 1. The van der Waals surface area contributed by atoms with Gasteiger partial charge in [-0.25, -0.2) is 9.97 Å². The Morgan fingerprint density at radius 2 is 1.90 bits per heavy atom. The Balaban J connectivity index is 1.57. The number of aryl methyl sites for hydroxylation is 1. The van der Waals surface area contributed by atoms with E-state index in [2.05, 4.69) is 53.9 Å². The molecule has 1 aromatic rings. The van der Waals surface area contributed by atoms with Gasteiger partial charge in [-0.05, 0) is 59.7 Å². The largest absolute Gasteiger partial charge is 0.373 e. The lowest BCUT2D eigenvalue weighted by Crippen LogP contribution is -2.52. The number of likely N-dealkylation sites (tertiary alicyclic amines) is 2. The number of hydrogen-bond donors (Lipinski definition) is 1. The highest BCUT2D eigenvalue weighted by atomic mass is 16.5. The van der Waals surface area contributed by atoms with Gasteiger partial charge in [0.15, 0.2) is 0 Å². The molecule has 6 nitrogen and oxygen atoms in total. The molecular weight excluding hydrogens is 362 g/mol. The average Bonchev–Trinajstić information content (AvgIpc) is 2.66. The summed E-state index contributed by atoms with van der Waals surface area (Å²) in [6.07, 6.45) is 4.99. The fraction of sp³-hybridized carbons (Fsp3) is 0.826. The normalized spacial score (nSPS) is 20.8. The number of rotatable bonds is 10. The van der Waals surface area contributed by atoms with E-state index in [9.17, 15) is 0 Å². The van der Waals surface area contributed by atoms with Gasteiger partial charge in [0.2, 0.25) is 0 Å². The summed E-state index contributed by atoms with van der Waals surface area (Å²) in [5.41, 5.74) is 1.21. The monoisotopic (exact) mass is 403 g/mol. The van der Waals surface area contributed by atoms with Crippen LogP contribution in [0.4, 0.5) is 5.82 Å². The maximum absolute atomic E-state index is 6.15. The molecule has 1 atom stereocenters. The third-order valence-corrected chi connectivity index (χ3v) is 6.43. The number of anilines is 1. The van der Waals surface area contributed by atoms with Crippen LogP contribution in [0.2, 0.25) is 0 Å². The highest BCUT2D eigenvalue weighted by Gasteiger charge is 2.27. The van der Waals surface area contributed by atoms with Gasteiger partial charge in [0.05, 0.1) is 18.8 Å². The van der Waals surface area contributed by atoms with Crippen molar-refractivity contribution in [3.8, 4) is 0 Å². The second kappa shape index (κ2) is 10.7. The van der Waals surface area contributed by atoms with E-state index in [0.29, 0.717) is 24.1 Å². The van der Waals surface area contributed by atoms with Crippen LogP contribution in [0.1, 0.15) is 70.8 Å². The molecular formula is C23H41N5O. The summed E-state index contributed by atoms with van der Waals surface area (Å²) in [6.45, 7) is 17.4. The van der Waals surface area contributed by atoms with E-state index in [1.165, 1.54) is 18.5 Å². The van der Waals surface area contributed by atoms with E-state index < -0.39 is 0 Å². The molecule has 2 aliphatic rings. The number of hydrogen-bond acceptors (Lipinski definition) is 6. The SMILES string of the molecule is CCC[C@H](COC1CN(CC)C1)Nc1cc(C2CCN(C(C)C)CC2)nc(C)n1. The molecule has 1 N–H and O–H groups in total. The molecule has 29 heavy (non-hydrogen) atoms. The molecule has 0 spiro atoms. The standard InChI is InChI=1S/C23H41N5O/c1-6-8-20(16-29-21-14-27(7-2)15-21)26-23-13-22(24-18(5)25-23)19-9-11-28(12-10-19)17(3)4/h13,17,19-21H,6-12,14-16H2,1-5H3,(H,24,25,26)/t20-/m1/s1. The first-order valence-corrected chi connectivity index (χ1v) is 11.7. The van der Waals surface area contributed by atoms with Crippen LogP contribution in [0.25, 0.3) is 0 Å². The van der Waals surface area contributed by atoms with Gasteiger partial charge in [-0.15, -0.1) is 0 Å². The molecule has 0 aliphatic carbocycles. The molecule has 0 saturated carbocycles. The zero-order valence-electron chi connectivity index (χ0n) is 19.2. The van der Waals surface area contributed by atoms with Crippen molar-refractivity contribution in [3.63, 3.8) is 0 Å². The van der Waals surface area contributed by atoms with Crippen molar-refractivity contribution in [2.45, 2.75) is 84.4 Å². The van der Waals surface area contributed by atoms with E-state index in [1.54, 1.807) is 0 Å². The molecule has 3 rings (SSSR count). The number of aromatic nitrogens is 2. The molecule has 3 heterocycles.